The fourth-order valence-corrected chi connectivity index (χ4v) is 4.10. The van der Waals surface area contributed by atoms with E-state index in [4.69, 9.17) is 0 Å². The van der Waals surface area contributed by atoms with Gasteiger partial charge in [0, 0.05) is 19.9 Å². The van der Waals surface area contributed by atoms with E-state index in [-0.39, 0.29) is 24.3 Å². The monoisotopic (exact) mass is 358 g/mol. The van der Waals surface area contributed by atoms with Crippen molar-refractivity contribution in [2.45, 2.75) is 32.7 Å². The van der Waals surface area contributed by atoms with Crippen LogP contribution in [0.5, 0.6) is 0 Å². The van der Waals surface area contributed by atoms with Gasteiger partial charge in [0.25, 0.3) is 0 Å². The van der Waals surface area contributed by atoms with Crippen LogP contribution in [0.15, 0.2) is 30.3 Å². The molecule has 25 heavy (non-hydrogen) atoms. The van der Waals surface area contributed by atoms with Gasteiger partial charge in [0.2, 0.25) is 16.9 Å². The Bertz CT molecular complexity index is 759. The summed E-state index contributed by atoms with van der Waals surface area (Å²) in [5, 5.41) is 12.4. The lowest BCUT2D eigenvalue weighted by Gasteiger charge is -2.24. The van der Waals surface area contributed by atoms with Gasteiger partial charge < -0.3 is 10.2 Å². The maximum Gasteiger partial charge on any atom is 0.232 e. The van der Waals surface area contributed by atoms with Crippen LogP contribution in [0, 0.1) is 11.8 Å². The molecule has 1 fully saturated rings. The van der Waals surface area contributed by atoms with E-state index in [1.54, 1.807) is 11.9 Å². The Balaban J connectivity index is 1.76. The molecule has 0 radical (unpaired) electrons. The zero-order valence-electron chi connectivity index (χ0n) is 14.6. The Kier molecular flexibility index (Phi) is 5.13. The van der Waals surface area contributed by atoms with Crippen LogP contribution in [0.2, 0.25) is 0 Å². The first-order valence-electron chi connectivity index (χ1n) is 8.39. The Hall–Kier alpha value is -2.28. The first-order valence-corrected chi connectivity index (χ1v) is 9.21. The van der Waals surface area contributed by atoms with Crippen molar-refractivity contribution in [3.8, 4) is 0 Å². The highest BCUT2D eigenvalue weighted by Crippen LogP contribution is 2.37. The third-order valence-electron chi connectivity index (χ3n) is 4.34. The van der Waals surface area contributed by atoms with Crippen LogP contribution in [0.4, 0.5) is 5.13 Å². The molecule has 2 heterocycles. The van der Waals surface area contributed by atoms with E-state index < -0.39 is 5.92 Å². The van der Waals surface area contributed by atoms with Crippen molar-refractivity contribution in [2.24, 2.45) is 11.8 Å². The van der Waals surface area contributed by atoms with E-state index in [2.05, 4.69) is 29.4 Å². The molecule has 0 spiro atoms. The van der Waals surface area contributed by atoms with Crippen molar-refractivity contribution in [3.63, 3.8) is 0 Å². The Morgan fingerprint density at radius 3 is 2.72 bits per heavy atom. The van der Waals surface area contributed by atoms with Gasteiger partial charge in [-0.2, -0.15) is 0 Å². The Labute approximate surface area is 151 Å². The predicted octanol–water partition coefficient (Wildman–Crippen LogP) is 2.89. The molecule has 6 nitrogen and oxygen atoms in total. The Morgan fingerprint density at radius 1 is 1.32 bits per heavy atom. The normalized spacial score (nSPS) is 20.3. The van der Waals surface area contributed by atoms with Crippen LogP contribution in [-0.2, 0) is 16.0 Å². The summed E-state index contributed by atoms with van der Waals surface area (Å²) < 4.78 is 0. The number of amides is 2. The maximum atomic E-state index is 12.8. The van der Waals surface area contributed by atoms with Crippen molar-refractivity contribution >= 4 is 28.3 Å². The number of aromatic nitrogens is 2. The summed E-state index contributed by atoms with van der Waals surface area (Å²) in [6, 6.07) is 9.41. The summed E-state index contributed by atoms with van der Waals surface area (Å²) in [6.07, 6.45) is 1.05. The van der Waals surface area contributed by atoms with E-state index in [1.807, 2.05) is 30.3 Å². The summed E-state index contributed by atoms with van der Waals surface area (Å²) in [4.78, 5) is 26.6. The molecule has 2 atom stereocenters. The Morgan fingerprint density at radius 2 is 2.04 bits per heavy atom. The van der Waals surface area contributed by atoms with E-state index in [9.17, 15) is 9.59 Å². The third-order valence-corrected chi connectivity index (χ3v) is 5.21. The molecule has 2 aromatic rings. The standard InChI is InChI=1S/C18H22N4O2S/c1-11(2)9-14-20-21-18(25-14)19-17(24)13-10-15(23)22(3)16(13)12-7-5-4-6-8-12/h4-8,11,13,16H,9-10H2,1-3H3,(H,19,21,24). The summed E-state index contributed by atoms with van der Waals surface area (Å²) >= 11 is 1.39. The molecule has 1 aliphatic heterocycles. The van der Waals surface area contributed by atoms with Gasteiger partial charge in [-0.25, -0.2) is 0 Å². The third kappa shape index (κ3) is 3.87. The minimum Gasteiger partial charge on any atom is -0.338 e. The lowest BCUT2D eigenvalue weighted by atomic mass is 9.93. The molecule has 1 N–H and O–H groups in total. The van der Waals surface area contributed by atoms with Gasteiger partial charge in [0.05, 0.1) is 12.0 Å². The predicted molar refractivity (Wildman–Crippen MR) is 97.1 cm³/mol. The first-order chi connectivity index (χ1) is 12.0. The number of nitrogens with zero attached hydrogens (tertiary/aromatic N) is 3. The number of hydrogen-bond acceptors (Lipinski definition) is 5. The molecule has 1 aliphatic rings. The number of hydrogen-bond donors (Lipinski definition) is 1. The van der Waals surface area contributed by atoms with Crippen molar-refractivity contribution in [2.75, 3.05) is 12.4 Å². The molecular weight excluding hydrogens is 336 g/mol. The smallest absolute Gasteiger partial charge is 0.232 e. The molecule has 7 heteroatoms. The fourth-order valence-electron chi connectivity index (χ4n) is 3.14. The first kappa shape index (κ1) is 17.5. The lowest BCUT2D eigenvalue weighted by Crippen LogP contribution is -2.29. The molecule has 1 aromatic carbocycles. The second kappa shape index (κ2) is 7.31. The molecule has 0 saturated carbocycles. The van der Waals surface area contributed by atoms with Crippen LogP contribution in [0.1, 0.15) is 36.9 Å². The van der Waals surface area contributed by atoms with Crippen molar-refractivity contribution in [1.29, 1.82) is 0 Å². The van der Waals surface area contributed by atoms with Gasteiger partial charge >= 0.3 is 0 Å². The summed E-state index contributed by atoms with van der Waals surface area (Å²) in [7, 11) is 1.75. The highest BCUT2D eigenvalue weighted by Gasteiger charge is 2.42. The van der Waals surface area contributed by atoms with Crippen molar-refractivity contribution < 1.29 is 9.59 Å². The molecule has 3 rings (SSSR count). The lowest BCUT2D eigenvalue weighted by molar-refractivity contribution is -0.127. The number of carbonyl (C=O) groups is 2. The number of nitrogens with one attached hydrogen (secondary N) is 1. The van der Waals surface area contributed by atoms with Gasteiger partial charge in [-0.05, 0) is 11.5 Å². The number of benzene rings is 1. The van der Waals surface area contributed by atoms with Gasteiger partial charge in [-0.1, -0.05) is 55.5 Å². The molecule has 2 unspecified atom stereocenters. The summed E-state index contributed by atoms with van der Waals surface area (Å²) in [5.41, 5.74) is 0.966. The SMILES string of the molecule is CC(C)Cc1nnc(NC(=O)C2CC(=O)N(C)C2c2ccccc2)s1. The summed E-state index contributed by atoms with van der Waals surface area (Å²) in [6.45, 7) is 4.23. The van der Waals surface area contributed by atoms with Crippen molar-refractivity contribution in [3.05, 3.63) is 40.9 Å². The van der Waals surface area contributed by atoms with E-state index in [1.165, 1.54) is 11.3 Å². The zero-order valence-corrected chi connectivity index (χ0v) is 15.4. The molecule has 1 saturated heterocycles. The number of likely N-dealkylation sites (tertiary alicyclic amines) is 1. The minimum absolute atomic E-state index is 0.0215. The average molecular weight is 358 g/mol. The van der Waals surface area contributed by atoms with Crippen LogP contribution in [0.25, 0.3) is 0 Å². The summed E-state index contributed by atoms with van der Waals surface area (Å²) in [5.74, 6) is -0.150. The topological polar surface area (TPSA) is 75.2 Å². The second-order valence-electron chi connectivity index (χ2n) is 6.76. The highest BCUT2D eigenvalue weighted by molar-refractivity contribution is 7.15. The molecule has 0 aliphatic carbocycles. The minimum atomic E-state index is -0.433. The van der Waals surface area contributed by atoms with E-state index in [0.29, 0.717) is 11.0 Å². The molecule has 0 bridgehead atoms. The van der Waals surface area contributed by atoms with Crippen LogP contribution < -0.4 is 5.32 Å². The quantitative estimate of drug-likeness (QED) is 0.892. The number of rotatable bonds is 5. The number of anilines is 1. The fraction of sp³-hybridized carbons (Fsp3) is 0.444. The van der Waals surface area contributed by atoms with Gasteiger partial charge in [0.1, 0.15) is 5.01 Å². The molecule has 2 amide bonds. The van der Waals surface area contributed by atoms with E-state index >= 15 is 0 Å². The molecular formula is C18H22N4O2S. The van der Waals surface area contributed by atoms with Crippen LogP contribution in [0.3, 0.4) is 0 Å². The van der Waals surface area contributed by atoms with Crippen molar-refractivity contribution in [1.82, 2.24) is 15.1 Å². The molecule has 132 valence electrons. The van der Waals surface area contributed by atoms with Gasteiger partial charge in [0.15, 0.2) is 0 Å². The van der Waals surface area contributed by atoms with Gasteiger partial charge in [-0.15, -0.1) is 10.2 Å². The average Bonchev–Trinajstić information content (AvgIpc) is 3.12. The highest BCUT2D eigenvalue weighted by atomic mass is 32.1. The second-order valence-corrected chi connectivity index (χ2v) is 7.82. The number of carbonyl (C=O) groups excluding carboxylic acids is 2. The van der Waals surface area contributed by atoms with E-state index in [0.717, 1.165) is 17.0 Å². The maximum absolute atomic E-state index is 12.8. The van der Waals surface area contributed by atoms with Crippen LogP contribution in [-0.4, -0.2) is 34.0 Å². The van der Waals surface area contributed by atoms with Gasteiger partial charge in [-0.3, -0.25) is 9.59 Å². The molecule has 1 aromatic heterocycles. The largest absolute Gasteiger partial charge is 0.338 e. The zero-order chi connectivity index (χ0) is 18.0. The van der Waals surface area contributed by atoms with Crippen LogP contribution >= 0.6 is 11.3 Å².